The molecule has 1 aromatic rings. The standard InChI is InChI=1S/C10H8F4O/c1-6-7(2-3-15)4-8(11)5-9(6)10(12,13)14/h3-5H,2H2,1H3. The predicted octanol–water partition coefficient (Wildman–Crippen LogP) is 2.89. The fourth-order valence-corrected chi connectivity index (χ4v) is 1.33. The normalized spacial score (nSPS) is 11.5. The van der Waals surface area contributed by atoms with Crippen molar-refractivity contribution in [3.05, 3.63) is 34.6 Å². The van der Waals surface area contributed by atoms with E-state index in [1.807, 2.05) is 0 Å². The molecule has 0 saturated carbocycles. The summed E-state index contributed by atoms with van der Waals surface area (Å²) in [5, 5.41) is 0. The molecule has 0 atom stereocenters. The Bertz CT molecular complexity index is 382. The highest BCUT2D eigenvalue weighted by Gasteiger charge is 2.33. The van der Waals surface area contributed by atoms with Gasteiger partial charge >= 0.3 is 6.18 Å². The van der Waals surface area contributed by atoms with Gasteiger partial charge in [0.15, 0.2) is 0 Å². The monoisotopic (exact) mass is 220 g/mol. The summed E-state index contributed by atoms with van der Waals surface area (Å²) in [6.45, 7) is 1.22. The summed E-state index contributed by atoms with van der Waals surface area (Å²) in [6, 6.07) is 1.38. The maximum absolute atomic E-state index is 12.8. The molecular formula is C10H8F4O. The number of carbonyl (C=O) groups excluding carboxylic acids is 1. The van der Waals surface area contributed by atoms with Gasteiger partial charge in [-0.3, -0.25) is 0 Å². The van der Waals surface area contributed by atoms with Crippen LogP contribution < -0.4 is 0 Å². The van der Waals surface area contributed by atoms with Crippen LogP contribution in [0.15, 0.2) is 12.1 Å². The third-order valence-electron chi connectivity index (χ3n) is 2.09. The summed E-state index contributed by atoms with van der Waals surface area (Å²) < 4.78 is 50.0. The molecule has 0 aliphatic heterocycles. The van der Waals surface area contributed by atoms with E-state index in [0.717, 1.165) is 6.07 Å². The molecule has 15 heavy (non-hydrogen) atoms. The van der Waals surface area contributed by atoms with Crippen molar-refractivity contribution in [1.29, 1.82) is 0 Å². The van der Waals surface area contributed by atoms with Gasteiger partial charge in [-0.1, -0.05) is 0 Å². The molecule has 0 N–H and O–H groups in total. The van der Waals surface area contributed by atoms with Crippen LogP contribution in [0.3, 0.4) is 0 Å². The second kappa shape index (κ2) is 4.00. The van der Waals surface area contributed by atoms with Crippen molar-refractivity contribution in [3.63, 3.8) is 0 Å². The zero-order chi connectivity index (χ0) is 11.6. The van der Waals surface area contributed by atoms with Gasteiger partial charge in [0.1, 0.15) is 12.1 Å². The first-order chi connectivity index (χ1) is 6.86. The van der Waals surface area contributed by atoms with Gasteiger partial charge < -0.3 is 4.79 Å². The van der Waals surface area contributed by atoms with Crippen LogP contribution in [0.4, 0.5) is 17.6 Å². The third kappa shape index (κ3) is 2.55. The van der Waals surface area contributed by atoms with E-state index in [2.05, 4.69) is 0 Å². The number of benzene rings is 1. The highest BCUT2D eigenvalue weighted by Crippen LogP contribution is 2.33. The van der Waals surface area contributed by atoms with Crippen molar-refractivity contribution in [2.24, 2.45) is 0 Å². The molecule has 0 aliphatic carbocycles. The molecule has 0 aliphatic rings. The zero-order valence-corrected chi connectivity index (χ0v) is 7.86. The molecule has 1 rings (SSSR count). The van der Waals surface area contributed by atoms with Gasteiger partial charge in [0.05, 0.1) is 5.56 Å². The summed E-state index contributed by atoms with van der Waals surface area (Å²) in [7, 11) is 0. The molecule has 0 amide bonds. The maximum Gasteiger partial charge on any atom is 0.416 e. The first kappa shape index (κ1) is 11.7. The lowest BCUT2D eigenvalue weighted by Crippen LogP contribution is -2.10. The largest absolute Gasteiger partial charge is 0.416 e. The highest BCUT2D eigenvalue weighted by atomic mass is 19.4. The SMILES string of the molecule is Cc1c(CC=O)cc(F)cc1C(F)(F)F. The van der Waals surface area contributed by atoms with E-state index in [9.17, 15) is 22.4 Å². The van der Waals surface area contributed by atoms with Gasteiger partial charge in [0.2, 0.25) is 0 Å². The lowest BCUT2D eigenvalue weighted by atomic mass is 10.00. The average Bonchev–Trinajstić information content (AvgIpc) is 2.09. The van der Waals surface area contributed by atoms with Gasteiger partial charge in [-0.25, -0.2) is 4.39 Å². The number of halogens is 4. The Morgan fingerprint density at radius 1 is 1.33 bits per heavy atom. The molecule has 0 fully saturated rings. The molecule has 0 spiro atoms. The van der Waals surface area contributed by atoms with E-state index in [4.69, 9.17) is 0 Å². The third-order valence-corrected chi connectivity index (χ3v) is 2.09. The Balaban J connectivity index is 3.34. The van der Waals surface area contributed by atoms with E-state index < -0.39 is 17.6 Å². The van der Waals surface area contributed by atoms with Crippen LogP contribution in [0.5, 0.6) is 0 Å². The molecule has 0 heterocycles. The Morgan fingerprint density at radius 2 is 1.93 bits per heavy atom. The van der Waals surface area contributed by atoms with Crippen LogP contribution >= 0.6 is 0 Å². The van der Waals surface area contributed by atoms with E-state index in [0.29, 0.717) is 12.4 Å². The predicted molar refractivity (Wildman–Crippen MR) is 45.9 cm³/mol. The van der Waals surface area contributed by atoms with Crippen molar-refractivity contribution in [2.75, 3.05) is 0 Å². The van der Waals surface area contributed by atoms with Crippen LogP contribution in [0.25, 0.3) is 0 Å². The van der Waals surface area contributed by atoms with E-state index in [1.165, 1.54) is 6.92 Å². The van der Waals surface area contributed by atoms with Crippen LogP contribution in [0.1, 0.15) is 16.7 Å². The van der Waals surface area contributed by atoms with Gasteiger partial charge in [-0.05, 0) is 30.2 Å². The molecule has 0 unspecified atom stereocenters. The van der Waals surface area contributed by atoms with Gasteiger partial charge in [0, 0.05) is 6.42 Å². The van der Waals surface area contributed by atoms with Crippen molar-refractivity contribution in [1.82, 2.24) is 0 Å². The van der Waals surface area contributed by atoms with Gasteiger partial charge in [-0.2, -0.15) is 13.2 Å². The smallest absolute Gasteiger partial charge is 0.303 e. The van der Waals surface area contributed by atoms with Crippen molar-refractivity contribution in [2.45, 2.75) is 19.5 Å². The van der Waals surface area contributed by atoms with E-state index >= 15 is 0 Å². The van der Waals surface area contributed by atoms with Crippen molar-refractivity contribution >= 4 is 6.29 Å². The van der Waals surface area contributed by atoms with Crippen LogP contribution in [-0.2, 0) is 17.4 Å². The lowest BCUT2D eigenvalue weighted by molar-refractivity contribution is -0.138. The summed E-state index contributed by atoms with van der Waals surface area (Å²) in [5.41, 5.74) is -1.06. The minimum Gasteiger partial charge on any atom is -0.303 e. The van der Waals surface area contributed by atoms with E-state index in [1.54, 1.807) is 0 Å². The number of hydrogen-bond acceptors (Lipinski definition) is 1. The topological polar surface area (TPSA) is 17.1 Å². The van der Waals surface area contributed by atoms with Gasteiger partial charge in [-0.15, -0.1) is 0 Å². The van der Waals surface area contributed by atoms with Gasteiger partial charge in [0.25, 0.3) is 0 Å². The quantitative estimate of drug-likeness (QED) is 0.553. The average molecular weight is 220 g/mol. The Morgan fingerprint density at radius 3 is 2.40 bits per heavy atom. The second-order valence-corrected chi connectivity index (χ2v) is 3.11. The van der Waals surface area contributed by atoms with Crippen LogP contribution in [0.2, 0.25) is 0 Å². The Labute approximate surface area is 83.7 Å². The van der Waals surface area contributed by atoms with Crippen molar-refractivity contribution in [3.8, 4) is 0 Å². The van der Waals surface area contributed by atoms with Crippen LogP contribution in [0, 0.1) is 12.7 Å². The summed E-state index contributed by atoms with van der Waals surface area (Å²) >= 11 is 0. The summed E-state index contributed by atoms with van der Waals surface area (Å²) in [6.07, 6.45) is -4.36. The fraction of sp³-hybridized carbons (Fsp3) is 0.300. The summed E-state index contributed by atoms with van der Waals surface area (Å²) in [5.74, 6) is -0.982. The number of carbonyl (C=O) groups is 1. The number of hydrogen-bond donors (Lipinski definition) is 0. The molecule has 82 valence electrons. The molecule has 0 bridgehead atoms. The first-order valence-electron chi connectivity index (χ1n) is 4.16. The molecule has 0 saturated heterocycles. The summed E-state index contributed by atoms with van der Waals surface area (Å²) in [4.78, 5) is 10.2. The number of aldehydes is 1. The molecule has 1 nitrogen and oxygen atoms in total. The Hall–Kier alpha value is -1.39. The minimum absolute atomic E-state index is 0.0670. The first-order valence-corrected chi connectivity index (χ1v) is 4.16. The maximum atomic E-state index is 12.8. The van der Waals surface area contributed by atoms with Crippen LogP contribution in [-0.4, -0.2) is 6.29 Å². The number of alkyl halides is 3. The molecule has 0 radical (unpaired) electrons. The molecular weight excluding hydrogens is 212 g/mol. The second-order valence-electron chi connectivity index (χ2n) is 3.11. The highest BCUT2D eigenvalue weighted by molar-refractivity contribution is 5.57. The lowest BCUT2D eigenvalue weighted by Gasteiger charge is -2.13. The fourth-order valence-electron chi connectivity index (χ4n) is 1.33. The Kier molecular flexibility index (Phi) is 3.12. The molecule has 5 heteroatoms. The minimum atomic E-state index is -4.59. The molecule has 1 aromatic carbocycles. The molecule has 0 aromatic heterocycles. The van der Waals surface area contributed by atoms with Crippen molar-refractivity contribution < 1.29 is 22.4 Å². The number of rotatable bonds is 2. The van der Waals surface area contributed by atoms with E-state index in [-0.39, 0.29) is 17.5 Å². The zero-order valence-electron chi connectivity index (χ0n) is 7.86.